The molecule has 0 aliphatic heterocycles. The van der Waals surface area contributed by atoms with Crippen molar-refractivity contribution >= 4 is 16.6 Å². The molecular weight excluding hydrogens is 178 g/mol. The number of anilines is 1. The van der Waals surface area contributed by atoms with Gasteiger partial charge >= 0.3 is 0 Å². The molecule has 4 heteroatoms. The number of fused-ring (bicyclic) bond motifs is 1. The van der Waals surface area contributed by atoms with Crippen LogP contribution < -0.4 is 10.5 Å². The van der Waals surface area contributed by atoms with Gasteiger partial charge in [-0.1, -0.05) is 0 Å². The van der Waals surface area contributed by atoms with Crippen molar-refractivity contribution in [2.75, 3.05) is 12.8 Å². The number of benzene rings is 1. The molecule has 0 amide bonds. The van der Waals surface area contributed by atoms with Gasteiger partial charge in [0.15, 0.2) is 5.75 Å². The molecule has 0 saturated heterocycles. The molecular formula is C10H13N3O. The summed E-state index contributed by atoms with van der Waals surface area (Å²) in [7, 11) is 1.62. The topological polar surface area (TPSA) is 53.1 Å². The minimum absolute atomic E-state index is 0.648. The van der Waals surface area contributed by atoms with Crippen LogP contribution in [0.25, 0.3) is 10.9 Å². The Labute approximate surface area is 82.3 Å². The molecule has 1 aromatic heterocycles. The fraction of sp³-hybridized carbons (Fsp3) is 0.300. The number of aromatic nitrogens is 2. The van der Waals surface area contributed by atoms with E-state index in [2.05, 4.69) is 5.10 Å². The molecule has 74 valence electrons. The monoisotopic (exact) mass is 191 g/mol. The maximum Gasteiger partial charge on any atom is 0.167 e. The Kier molecular flexibility index (Phi) is 2.04. The molecule has 2 aromatic rings. The van der Waals surface area contributed by atoms with Gasteiger partial charge in [-0.05, 0) is 19.1 Å². The van der Waals surface area contributed by atoms with Gasteiger partial charge in [-0.3, -0.25) is 4.68 Å². The lowest BCUT2D eigenvalue weighted by Gasteiger charge is -2.07. The van der Waals surface area contributed by atoms with Gasteiger partial charge in [0.1, 0.15) is 5.52 Å². The summed E-state index contributed by atoms with van der Waals surface area (Å²) in [5.74, 6) is 0.710. The van der Waals surface area contributed by atoms with Gasteiger partial charge < -0.3 is 10.5 Å². The summed E-state index contributed by atoms with van der Waals surface area (Å²) in [4.78, 5) is 0. The molecule has 4 nitrogen and oxygen atoms in total. The van der Waals surface area contributed by atoms with Crippen molar-refractivity contribution in [3.05, 3.63) is 18.3 Å². The summed E-state index contributed by atoms with van der Waals surface area (Å²) in [5, 5.41) is 5.30. The van der Waals surface area contributed by atoms with Gasteiger partial charge in [-0.15, -0.1) is 0 Å². The van der Waals surface area contributed by atoms with E-state index in [4.69, 9.17) is 10.5 Å². The molecule has 14 heavy (non-hydrogen) atoms. The predicted molar refractivity (Wildman–Crippen MR) is 56.4 cm³/mol. The molecule has 0 unspecified atom stereocenters. The van der Waals surface area contributed by atoms with E-state index in [1.54, 1.807) is 7.11 Å². The molecule has 0 radical (unpaired) electrons. The second kappa shape index (κ2) is 3.21. The minimum atomic E-state index is 0.648. The first-order chi connectivity index (χ1) is 6.77. The highest BCUT2D eigenvalue weighted by Crippen LogP contribution is 2.31. The van der Waals surface area contributed by atoms with E-state index in [-0.39, 0.29) is 0 Å². The molecule has 1 aromatic carbocycles. The molecule has 2 N–H and O–H groups in total. The quantitative estimate of drug-likeness (QED) is 0.734. The second-order valence-corrected chi connectivity index (χ2v) is 3.09. The Morgan fingerprint density at radius 3 is 2.93 bits per heavy atom. The van der Waals surface area contributed by atoms with Crippen LogP contribution in [0.1, 0.15) is 6.92 Å². The molecule has 0 aliphatic rings. The number of rotatable bonds is 2. The van der Waals surface area contributed by atoms with Gasteiger partial charge in [0.25, 0.3) is 0 Å². The zero-order valence-electron chi connectivity index (χ0n) is 8.32. The van der Waals surface area contributed by atoms with Gasteiger partial charge in [-0.2, -0.15) is 5.10 Å². The number of hydrogen-bond acceptors (Lipinski definition) is 3. The van der Waals surface area contributed by atoms with E-state index in [9.17, 15) is 0 Å². The highest BCUT2D eigenvalue weighted by atomic mass is 16.5. The third kappa shape index (κ3) is 1.11. The number of hydrogen-bond donors (Lipinski definition) is 1. The Morgan fingerprint density at radius 2 is 2.29 bits per heavy atom. The lowest BCUT2D eigenvalue weighted by Crippen LogP contribution is -1.99. The average Bonchev–Trinajstić information content (AvgIpc) is 2.61. The fourth-order valence-electron chi connectivity index (χ4n) is 1.62. The van der Waals surface area contributed by atoms with Crippen LogP contribution in [0.3, 0.4) is 0 Å². The number of aryl methyl sites for hydroxylation is 1. The molecule has 0 atom stereocenters. The summed E-state index contributed by atoms with van der Waals surface area (Å²) in [6, 6.07) is 3.79. The Bertz CT molecular complexity index is 462. The van der Waals surface area contributed by atoms with Crippen LogP contribution in [-0.2, 0) is 6.54 Å². The Hall–Kier alpha value is -1.71. The third-order valence-corrected chi connectivity index (χ3v) is 2.29. The summed E-state index contributed by atoms with van der Waals surface area (Å²) in [5.41, 5.74) is 7.43. The smallest absolute Gasteiger partial charge is 0.167 e. The number of nitrogens with two attached hydrogens (primary N) is 1. The maximum absolute atomic E-state index is 5.81. The first kappa shape index (κ1) is 8.87. The van der Waals surface area contributed by atoms with Gasteiger partial charge in [0, 0.05) is 11.9 Å². The van der Waals surface area contributed by atoms with Gasteiger partial charge in [0.05, 0.1) is 19.0 Å². The number of ether oxygens (including phenoxy) is 1. The van der Waals surface area contributed by atoms with Crippen molar-refractivity contribution < 1.29 is 4.74 Å². The van der Waals surface area contributed by atoms with E-state index in [1.165, 1.54) is 0 Å². The molecule has 0 bridgehead atoms. The average molecular weight is 191 g/mol. The lowest BCUT2D eigenvalue weighted by molar-refractivity contribution is 0.418. The Morgan fingerprint density at radius 1 is 1.50 bits per heavy atom. The minimum Gasteiger partial charge on any atom is -0.492 e. The molecule has 2 rings (SSSR count). The SMILES string of the molecule is CCn1ncc2ccc(N)c(OC)c21. The first-order valence-corrected chi connectivity index (χ1v) is 4.56. The molecule has 1 heterocycles. The van der Waals surface area contributed by atoms with Crippen LogP contribution in [0.15, 0.2) is 18.3 Å². The van der Waals surface area contributed by atoms with Crippen molar-refractivity contribution in [3.8, 4) is 5.75 Å². The molecule has 0 aliphatic carbocycles. The van der Waals surface area contributed by atoms with Crippen molar-refractivity contribution in [1.29, 1.82) is 0 Å². The van der Waals surface area contributed by atoms with Crippen molar-refractivity contribution in [3.63, 3.8) is 0 Å². The molecule has 0 spiro atoms. The Balaban J connectivity index is 2.81. The van der Waals surface area contributed by atoms with Crippen LogP contribution in [0.5, 0.6) is 5.75 Å². The summed E-state index contributed by atoms with van der Waals surface area (Å²) >= 11 is 0. The molecule has 0 saturated carbocycles. The zero-order chi connectivity index (χ0) is 10.1. The zero-order valence-corrected chi connectivity index (χ0v) is 8.32. The highest BCUT2D eigenvalue weighted by Gasteiger charge is 2.10. The van der Waals surface area contributed by atoms with E-state index in [0.717, 1.165) is 17.4 Å². The molecule has 0 fully saturated rings. The second-order valence-electron chi connectivity index (χ2n) is 3.09. The normalized spacial score (nSPS) is 10.7. The van der Waals surface area contributed by atoms with Crippen molar-refractivity contribution in [1.82, 2.24) is 9.78 Å². The number of nitrogen functional groups attached to an aromatic ring is 1. The summed E-state index contributed by atoms with van der Waals surface area (Å²) in [6.07, 6.45) is 1.82. The van der Waals surface area contributed by atoms with Gasteiger partial charge in [-0.25, -0.2) is 0 Å². The van der Waals surface area contributed by atoms with E-state index >= 15 is 0 Å². The highest BCUT2D eigenvalue weighted by molar-refractivity contribution is 5.89. The standard InChI is InChI=1S/C10H13N3O/c1-3-13-9-7(6-12-13)4-5-8(11)10(9)14-2/h4-6H,3,11H2,1-2H3. The van der Waals surface area contributed by atoms with E-state index in [1.807, 2.05) is 29.9 Å². The largest absolute Gasteiger partial charge is 0.492 e. The van der Waals surface area contributed by atoms with E-state index in [0.29, 0.717) is 11.4 Å². The first-order valence-electron chi connectivity index (χ1n) is 4.56. The fourth-order valence-corrected chi connectivity index (χ4v) is 1.62. The van der Waals surface area contributed by atoms with Crippen LogP contribution in [0.2, 0.25) is 0 Å². The predicted octanol–water partition coefficient (Wildman–Crippen LogP) is 1.65. The number of methoxy groups -OCH3 is 1. The summed E-state index contributed by atoms with van der Waals surface area (Å²) < 4.78 is 7.15. The van der Waals surface area contributed by atoms with E-state index < -0.39 is 0 Å². The lowest BCUT2D eigenvalue weighted by atomic mass is 10.2. The van der Waals surface area contributed by atoms with Crippen molar-refractivity contribution in [2.45, 2.75) is 13.5 Å². The van der Waals surface area contributed by atoms with Gasteiger partial charge in [0.2, 0.25) is 0 Å². The van der Waals surface area contributed by atoms with Crippen LogP contribution in [0.4, 0.5) is 5.69 Å². The van der Waals surface area contributed by atoms with Crippen LogP contribution in [-0.4, -0.2) is 16.9 Å². The van der Waals surface area contributed by atoms with Crippen molar-refractivity contribution in [2.24, 2.45) is 0 Å². The van der Waals surface area contributed by atoms with Crippen LogP contribution >= 0.6 is 0 Å². The maximum atomic E-state index is 5.81. The summed E-state index contributed by atoms with van der Waals surface area (Å²) in [6.45, 7) is 2.85. The third-order valence-electron chi connectivity index (χ3n) is 2.29. The van der Waals surface area contributed by atoms with Crippen LogP contribution in [0, 0.1) is 0 Å². The number of nitrogens with zero attached hydrogens (tertiary/aromatic N) is 2.